The maximum absolute atomic E-state index is 13.6. The summed E-state index contributed by atoms with van der Waals surface area (Å²) in [6.45, 7) is 2.11. The summed E-state index contributed by atoms with van der Waals surface area (Å²) in [5, 5.41) is 11.3. The van der Waals surface area contributed by atoms with Crippen LogP contribution in [0.4, 0.5) is 42.5 Å². The van der Waals surface area contributed by atoms with E-state index in [1.165, 1.54) is 19.1 Å². The molecule has 0 saturated carbocycles. The molecule has 0 spiro atoms. The number of benzene rings is 2. The molecule has 0 radical (unpaired) electrons. The van der Waals surface area contributed by atoms with Gasteiger partial charge in [0.2, 0.25) is 5.60 Å². The minimum atomic E-state index is -5.11. The van der Waals surface area contributed by atoms with Crippen LogP contribution in [0.5, 0.6) is 11.5 Å². The van der Waals surface area contributed by atoms with Gasteiger partial charge >= 0.3 is 24.6 Å². The Labute approximate surface area is 229 Å². The number of hydrogen-bond acceptors (Lipinski definition) is 7. The number of aliphatic carboxylic acids is 1. The zero-order valence-electron chi connectivity index (χ0n) is 21.5. The molecule has 17 heteroatoms. The van der Waals surface area contributed by atoms with Crippen molar-refractivity contribution in [2.24, 2.45) is 5.92 Å². The lowest BCUT2D eigenvalue weighted by Gasteiger charge is -2.36. The van der Waals surface area contributed by atoms with Crippen LogP contribution in [0, 0.1) is 5.92 Å². The number of fused-ring (bicyclic) bond motifs is 1. The Hall–Kier alpha value is -3.89. The maximum Gasteiger partial charge on any atom is 0.573 e. The number of carbonyl (C=O) groups excluding carboxylic acids is 1. The van der Waals surface area contributed by atoms with Crippen molar-refractivity contribution in [3.05, 3.63) is 42.5 Å². The molecule has 1 amide bonds. The van der Waals surface area contributed by atoms with Crippen molar-refractivity contribution >= 4 is 33.5 Å². The molecule has 3 rings (SSSR count). The maximum atomic E-state index is 13.6. The lowest BCUT2D eigenvalue weighted by Crippen LogP contribution is -2.45. The van der Waals surface area contributed by atoms with Gasteiger partial charge in [-0.15, -0.1) is 13.2 Å². The molecule has 0 saturated heterocycles. The summed E-state index contributed by atoms with van der Waals surface area (Å²) in [6.07, 6.45) is -12.7. The second-order valence-electron chi connectivity index (χ2n) is 9.48. The summed E-state index contributed by atoms with van der Waals surface area (Å²) in [5.74, 6) is -3.10. The van der Waals surface area contributed by atoms with Crippen LogP contribution in [0.15, 0.2) is 47.4 Å². The Morgan fingerprint density at radius 1 is 1.12 bits per heavy atom. The molecule has 10 nitrogen and oxygen atoms in total. The predicted molar refractivity (Wildman–Crippen MR) is 130 cm³/mol. The average molecular weight is 615 g/mol. The van der Waals surface area contributed by atoms with Crippen LogP contribution in [-0.2, 0) is 19.6 Å². The third-order valence-electron chi connectivity index (χ3n) is 5.83. The van der Waals surface area contributed by atoms with Crippen molar-refractivity contribution in [3.63, 3.8) is 0 Å². The number of carbonyl (C=O) groups is 2. The Morgan fingerprint density at radius 3 is 2.37 bits per heavy atom. The molecule has 1 aliphatic rings. The molecule has 41 heavy (non-hydrogen) atoms. The number of nitrogens with zero attached hydrogens (tertiary/aromatic N) is 1. The minimum absolute atomic E-state index is 0.111. The smallest absolute Gasteiger partial charge is 0.486 e. The molecule has 1 aliphatic heterocycles. The van der Waals surface area contributed by atoms with Gasteiger partial charge in [0.15, 0.2) is 0 Å². The van der Waals surface area contributed by atoms with Gasteiger partial charge in [-0.25, -0.2) is 13.2 Å². The Balaban J connectivity index is 2.01. The summed E-state index contributed by atoms with van der Waals surface area (Å²) in [5.41, 5.74) is -3.30. The Kier molecular flexibility index (Phi) is 8.62. The second kappa shape index (κ2) is 11.2. The number of carboxylic acids is 1. The fourth-order valence-electron chi connectivity index (χ4n) is 3.63. The summed E-state index contributed by atoms with van der Waals surface area (Å²) < 4.78 is 119. The molecule has 2 N–H and O–H groups in total. The molecule has 2 aromatic rings. The van der Waals surface area contributed by atoms with Gasteiger partial charge in [0.05, 0.1) is 23.0 Å². The molecule has 2 atom stereocenters. The van der Waals surface area contributed by atoms with E-state index < -0.39 is 69.4 Å². The first-order chi connectivity index (χ1) is 18.7. The molecular weight excluding hydrogens is 590 g/mol. The van der Waals surface area contributed by atoms with Crippen LogP contribution in [0.3, 0.4) is 0 Å². The van der Waals surface area contributed by atoms with Gasteiger partial charge in [0, 0.05) is 11.8 Å². The van der Waals surface area contributed by atoms with Crippen molar-refractivity contribution in [1.29, 1.82) is 0 Å². The van der Waals surface area contributed by atoms with Crippen LogP contribution in [-0.4, -0.2) is 56.4 Å². The zero-order chi connectivity index (χ0) is 31.0. The normalized spacial score (nSPS) is 16.7. The first kappa shape index (κ1) is 31.6. The van der Waals surface area contributed by atoms with E-state index in [-0.39, 0.29) is 23.5 Å². The van der Waals surface area contributed by atoms with Crippen molar-refractivity contribution in [2.75, 3.05) is 16.2 Å². The van der Waals surface area contributed by atoms with E-state index in [1.807, 2.05) is 0 Å². The SMILES string of the molecule is C[C@@H](C[C@H]1CN(S(=O)(=O)c2cccc(OC(F)(F)F)c2)c2cc(NC(=O)OC(C)(C)C(F)(F)F)ccc2O1)C(=O)O. The number of ether oxygens (including phenoxy) is 3. The van der Waals surface area contributed by atoms with Gasteiger partial charge < -0.3 is 19.3 Å². The van der Waals surface area contributed by atoms with E-state index in [4.69, 9.17) is 4.74 Å². The third kappa shape index (κ3) is 7.65. The highest BCUT2D eigenvalue weighted by molar-refractivity contribution is 7.92. The third-order valence-corrected chi connectivity index (χ3v) is 7.61. The number of halogens is 6. The first-order valence-electron chi connectivity index (χ1n) is 11.7. The van der Waals surface area contributed by atoms with Gasteiger partial charge in [-0.3, -0.25) is 14.4 Å². The molecule has 0 aromatic heterocycles. The van der Waals surface area contributed by atoms with Crippen LogP contribution >= 0.6 is 0 Å². The average Bonchev–Trinajstić information content (AvgIpc) is 2.81. The number of sulfonamides is 1. The monoisotopic (exact) mass is 614 g/mol. The van der Waals surface area contributed by atoms with Crippen molar-refractivity contribution < 1.29 is 63.7 Å². The van der Waals surface area contributed by atoms with Crippen molar-refractivity contribution in [1.82, 2.24) is 0 Å². The summed E-state index contributed by atoms with van der Waals surface area (Å²) in [7, 11) is -4.67. The highest BCUT2D eigenvalue weighted by Crippen LogP contribution is 2.41. The highest BCUT2D eigenvalue weighted by Gasteiger charge is 2.51. The van der Waals surface area contributed by atoms with Gasteiger partial charge in [-0.1, -0.05) is 13.0 Å². The largest absolute Gasteiger partial charge is 0.573 e. The number of alkyl halides is 6. The lowest BCUT2D eigenvalue weighted by atomic mass is 10.0. The molecule has 0 unspecified atom stereocenters. The van der Waals surface area contributed by atoms with Crippen LogP contribution in [0.2, 0.25) is 0 Å². The Bertz CT molecular complexity index is 1410. The van der Waals surface area contributed by atoms with E-state index in [9.17, 15) is 49.5 Å². The molecule has 0 aliphatic carbocycles. The van der Waals surface area contributed by atoms with Gasteiger partial charge in [0.25, 0.3) is 10.0 Å². The number of rotatable bonds is 8. The van der Waals surface area contributed by atoms with E-state index in [2.05, 4.69) is 14.8 Å². The van der Waals surface area contributed by atoms with Gasteiger partial charge in [0.1, 0.15) is 17.6 Å². The van der Waals surface area contributed by atoms with Gasteiger partial charge in [-0.2, -0.15) is 13.2 Å². The highest BCUT2D eigenvalue weighted by atomic mass is 32.2. The van der Waals surface area contributed by atoms with Gasteiger partial charge in [-0.05, 0) is 50.6 Å². The lowest BCUT2D eigenvalue weighted by molar-refractivity contribution is -0.274. The molecule has 226 valence electrons. The number of carboxylic acid groups (broad SMARTS) is 1. The summed E-state index contributed by atoms with van der Waals surface area (Å²) >= 11 is 0. The van der Waals surface area contributed by atoms with Crippen LogP contribution in [0.25, 0.3) is 0 Å². The van der Waals surface area contributed by atoms with Crippen molar-refractivity contribution in [3.8, 4) is 11.5 Å². The van der Waals surface area contributed by atoms with Crippen molar-refractivity contribution in [2.45, 2.75) is 56.3 Å². The fraction of sp³-hybridized carbons (Fsp3) is 0.417. The molecule has 0 fully saturated rings. The molecule has 0 bridgehead atoms. The molecule has 1 heterocycles. The van der Waals surface area contributed by atoms with E-state index in [0.717, 1.165) is 28.6 Å². The van der Waals surface area contributed by atoms with Crippen LogP contribution in [0.1, 0.15) is 27.2 Å². The quantitative estimate of drug-likeness (QED) is 0.371. The summed E-state index contributed by atoms with van der Waals surface area (Å²) in [6, 6.07) is 6.92. The minimum Gasteiger partial charge on any atom is -0.486 e. The predicted octanol–water partition coefficient (Wildman–Crippen LogP) is 5.54. The second-order valence-corrected chi connectivity index (χ2v) is 11.3. The van der Waals surface area contributed by atoms with E-state index in [1.54, 1.807) is 0 Å². The number of amides is 1. The first-order valence-corrected chi connectivity index (χ1v) is 13.1. The Morgan fingerprint density at radius 2 is 1.78 bits per heavy atom. The number of hydrogen-bond donors (Lipinski definition) is 2. The van der Waals surface area contributed by atoms with E-state index in [0.29, 0.717) is 19.9 Å². The fourth-order valence-corrected chi connectivity index (χ4v) is 5.16. The molecular formula is C24H24F6N2O8S. The van der Waals surface area contributed by atoms with E-state index >= 15 is 0 Å². The van der Waals surface area contributed by atoms with Crippen LogP contribution < -0.4 is 19.1 Å². The summed E-state index contributed by atoms with van der Waals surface area (Å²) in [4.78, 5) is 22.9. The number of anilines is 2. The zero-order valence-corrected chi connectivity index (χ0v) is 22.4. The standard InChI is InChI=1S/C24H24F6N2O8S/c1-13(20(33)34)9-16-12-32(41(36,37)17-6-4-5-15(11-17)39-24(28,29)30)18-10-14(7-8-19(18)38-16)31-21(35)40-22(2,3)23(25,26)27/h4-8,10-11,13,16H,9,12H2,1-3H3,(H,31,35)(H,33,34)/t13-,16-/m0/s1. The topological polar surface area (TPSA) is 131 Å². The number of nitrogens with one attached hydrogen (secondary N) is 1. The molecule has 2 aromatic carbocycles.